The Morgan fingerprint density at radius 3 is 2.00 bits per heavy atom. The van der Waals surface area contributed by atoms with Crippen molar-refractivity contribution in [2.24, 2.45) is 0 Å². The molecule has 2 N–H and O–H groups in total. The molecule has 1 aromatic rings. The van der Waals surface area contributed by atoms with Crippen LogP contribution in [0.2, 0.25) is 0 Å². The van der Waals surface area contributed by atoms with Crippen LogP contribution in [0.25, 0.3) is 0 Å². The number of thiocarbonyl (C=S) groups is 1. The summed E-state index contributed by atoms with van der Waals surface area (Å²) >= 11 is 5.05. The van der Waals surface area contributed by atoms with Crippen LogP contribution in [-0.2, 0) is 12.4 Å². The van der Waals surface area contributed by atoms with E-state index in [0.717, 1.165) is 25.9 Å². The van der Waals surface area contributed by atoms with E-state index in [1.165, 1.54) is 6.42 Å². The number of alkyl halides is 6. The minimum Gasteiger partial charge on any atom is -0.359 e. The number of nitrogens with one attached hydrogen (secondary N) is 2. The van der Waals surface area contributed by atoms with Gasteiger partial charge in [-0.25, -0.2) is 0 Å². The molecule has 0 saturated carbocycles. The number of benzene rings is 1. The Bertz CT molecular complexity index is 621. The molecule has 1 saturated heterocycles. The first-order chi connectivity index (χ1) is 12.4. The molecule has 1 fully saturated rings. The van der Waals surface area contributed by atoms with Gasteiger partial charge in [-0.3, -0.25) is 0 Å². The summed E-state index contributed by atoms with van der Waals surface area (Å²) < 4.78 is 77.4. The zero-order valence-electron chi connectivity index (χ0n) is 14.7. The number of nitrogens with zero attached hydrogens (tertiary/aromatic N) is 1. The van der Waals surface area contributed by atoms with Gasteiger partial charge in [-0.1, -0.05) is 6.42 Å². The third-order valence-electron chi connectivity index (χ3n) is 4.20. The van der Waals surface area contributed by atoms with Gasteiger partial charge < -0.3 is 15.5 Å². The van der Waals surface area contributed by atoms with E-state index in [9.17, 15) is 26.3 Å². The molecule has 0 amide bonds. The molecular formula is C17H21F6N3S. The van der Waals surface area contributed by atoms with Crippen molar-refractivity contribution >= 4 is 23.0 Å². The quantitative estimate of drug-likeness (QED) is 0.543. The Morgan fingerprint density at radius 1 is 1.00 bits per heavy atom. The maximum Gasteiger partial charge on any atom is 0.416 e. The number of rotatable bonds is 4. The molecular weight excluding hydrogens is 392 g/mol. The average Bonchev–Trinajstić information content (AvgIpc) is 2.53. The minimum atomic E-state index is -4.89. The fourth-order valence-corrected chi connectivity index (χ4v) is 3.31. The highest BCUT2D eigenvalue weighted by Crippen LogP contribution is 2.37. The molecule has 27 heavy (non-hydrogen) atoms. The lowest BCUT2D eigenvalue weighted by Crippen LogP contribution is -2.45. The summed E-state index contributed by atoms with van der Waals surface area (Å²) in [5.74, 6) is 0. The second-order valence-electron chi connectivity index (χ2n) is 6.66. The molecule has 0 bridgehead atoms. The Balaban J connectivity index is 2.05. The second kappa shape index (κ2) is 8.64. The summed E-state index contributed by atoms with van der Waals surface area (Å²) in [6.45, 7) is 4.48. The number of halogens is 6. The van der Waals surface area contributed by atoms with E-state index in [4.69, 9.17) is 12.2 Å². The standard InChI is InChI=1S/C17H21F6N3S/c1-11(10-26-5-3-2-4-6-26)24-15(27)25-14-8-12(16(18,19)20)7-13(9-14)17(21,22)23/h7-9,11H,2-6,10H2,1H3,(H2,24,25,27)/t11-/m0/s1. The van der Waals surface area contributed by atoms with Crippen molar-refractivity contribution in [3.8, 4) is 0 Å². The summed E-state index contributed by atoms with van der Waals surface area (Å²) in [6.07, 6.45) is -6.38. The topological polar surface area (TPSA) is 27.3 Å². The van der Waals surface area contributed by atoms with E-state index in [1.807, 2.05) is 6.92 Å². The molecule has 1 heterocycles. The third kappa shape index (κ3) is 6.84. The number of hydrogen-bond donors (Lipinski definition) is 2. The van der Waals surface area contributed by atoms with Crippen LogP contribution in [0, 0.1) is 0 Å². The number of piperidine rings is 1. The fourth-order valence-electron chi connectivity index (χ4n) is 2.99. The van der Waals surface area contributed by atoms with E-state index >= 15 is 0 Å². The van der Waals surface area contributed by atoms with E-state index < -0.39 is 23.5 Å². The Kier molecular flexibility index (Phi) is 6.96. The summed E-state index contributed by atoms with van der Waals surface area (Å²) in [5, 5.41) is 5.32. The zero-order chi connectivity index (χ0) is 20.2. The highest BCUT2D eigenvalue weighted by molar-refractivity contribution is 7.80. The Labute approximate surface area is 159 Å². The molecule has 1 aliphatic rings. The van der Waals surface area contributed by atoms with Gasteiger partial charge in [-0.15, -0.1) is 0 Å². The van der Waals surface area contributed by atoms with E-state index in [1.54, 1.807) is 0 Å². The molecule has 10 heteroatoms. The summed E-state index contributed by atoms with van der Waals surface area (Å²) in [4.78, 5) is 2.25. The van der Waals surface area contributed by atoms with Gasteiger partial charge in [0.2, 0.25) is 0 Å². The molecule has 0 radical (unpaired) electrons. The molecule has 0 unspecified atom stereocenters. The number of hydrogen-bond acceptors (Lipinski definition) is 2. The van der Waals surface area contributed by atoms with Crippen LogP contribution in [0.1, 0.15) is 37.3 Å². The van der Waals surface area contributed by atoms with Crippen molar-refractivity contribution < 1.29 is 26.3 Å². The van der Waals surface area contributed by atoms with Crippen molar-refractivity contribution in [2.45, 2.75) is 44.6 Å². The van der Waals surface area contributed by atoms with Gasteiger partial charge >= 0.3 is 12.4 Å². The minimum absolute atomic E-state index is 0.0213. The predicted molar refractivity (Wildman–Crippen MR) is 95.6 cm³/mol. The summed E-state index contributed by atoms with van der Waals surface area (Å²) in [7, 11) is 0. The van der Waals surface area contributed by atoms with Crippen molar-refractivity contribution in [1.29, 1.82) is 0 Å². The van der Waals surface area contributed by atoms with Crippen LogP contribution < -0.4 is 10.6 Å². The first-order valence-corrected chi connectivity index (χ1v) is 8.95. The lowest BCUT2D eigenvalue weighted by Gasteiger charge is -2.29. The van der Waals surface area contributed by atoms with E-state index in [2.05, 4.69) is 15.5 Å². The normalized spacial score (nSPS) is 17.4. The van der Waals surface area contributed by atoms with Gasteiger partial charge in [0.15, 0.2) is 5.11 Å². The van der Waals surface area contributed by atoms with Gasteiger partial charge in [0.05, 0.1) is 11.1 Å². The van der Waals surface area contributed by atoms with Gasteiger partial charge in [-0.2, -0.15) is 26.3 Å². The monoisotopic (exact) mass is 413 g/mol. The molecule has 3 nitrogen and oxygen atoms in total. The van der Waals surface area contributed by atoms with Gasteiger partial charge in [0.25, 0.3) is 0 Å². The SMILES string of the molecule is C[C@@H](CN1CCCCC1)NC(=S)Nc1cc(C(F)(F)F)cc(C(F)(F)F)c1. The number of anilines is 1. The zero-order valence-corrected chi connectivity index (χ0v) is 15.5. The molecule has 2 rings (SSSR count). The largest absolute Gasteiger partial charge is 0.416 e. The maximum absolute atomic E-state index is 12.9. The van der Waals surface area contributed by atoms with Crippen LogP contribution in [0.15, 0.2) is 18.2 Å². The van der Waals surface area contributed by atoms with Crippen LogP contribution in [-0.4, -0.2) is 35.7 Å². The van der Waals surface area contributed by atoms with Crippen molar-refractivity contribution in [3.05, 3.63) is 29.3 Å². The molecule has 1 atom stereocenters. The number of likely N-dealkylation sites (tertiary alicyclic amines) is 1. The Morgan fingerprint density at radius 2 is 1.52 bits per heavy atom. The summed E-state index contributed by atoms with van der Waals surface area (Å²) in [5.41, 5.74) is -3.13. The van der Waals surface area contributed by atoms with Crippen LogP contribution in [0.4, 0.5) is 32.0 Å². The van der Waals surface area contributed by atoms with Gasteiger partial charge in [0.1, 0.15) is 0 Å². The van der Waals surface area contributed by atoms with Gasteiger partial charge in [0, 0.05) is 18.3 Å². The van der Waals surface area contributed by atoms with Crippen LogP contribution in [0.3, 0.4) is 0 Å². The van der Waals surface area contributed by atoms with E-state index in [0.29, 0.717) is 18.7 Å². The molecule has 0 spiro atoms. The van der Waals surface area contributed by atoms with Crippen molar-refractivity contribution in [3.63, 3.8) is 0 Å². The molecule has 1 aromatic carbocycles. The summed E-state index contributed by atoms with van der Waals surface area (Å²) in [6, 6.07) is 1.20. The highest BCUT2D eigenvalue weighted by atomic mass is 32.1. The fraction of sp³-hybridized carbons (Fsp3) is 0.588. The molecule has 152 valence electrons. The maximum atomic E-state index is 12.9. The highest BCUT2D eigenvalue weighted by Gasteiger charge is 2.37. The van der Waals surface area contributed by atoms with Crippen LogP contribution in [0.5, 0.6) is 0 Å². The Hall–Kier alpha value is -1.55. The average molecular weight is 413 g/mol. The first-order valence-electron chi connectivity index (χ1n) is 8.54. The molecule has 0 aliphatic carbocycles. The third-order valence-corrected chi connectivity index (χ3v) is 4.42. The first kappa shape index (κ1) is 21.7. The van der Waals surface area contributed by atoms with Crippen molar-refractivity contribution in [1.82, 2.24) is 10.2 Å². The second-order valence-corrected chi connectivity index (χ2v) is 7.06. The predicted octanol–water partition coefficient (Wildman–Crippen LogP) is 4.89. The lowest BCUT2D eigenvalue weighted by atomic mass is 10.1. The van der Waals surface area contributed by atoms with E-state index in [-0.39, 0.29) is 22.9 Å². The smallest absolute Gasteiger partial charge is 0.359 e. The molecule has 1 aliphatic heterocycles. The lowest BCUT2D eigenvalue weighted by molar-refractivity contribution is -0.143. The van der Waals surface area contributed by atoms with Crippen LogP contribution >= 0.6 is 12.2 Å². The van der Waals surface area contributed by atoms with Gasteiger partial charge in [-0.05, 0) is 63.3 Å². The van der Waals surface area contributed by atoms with Crippen molar-refractivity contribution in [2.75, 3.05) is 25.0 Å². The molecule has 0 aromatic heterocycles.